The number of hydrogen-bond donors (Lipinski definition) is 1. The van der Waals surface area contributed by atoms with Crippen molar-refractivity contribution in [1.82, 2.24) is 0 Å². The number of carbonyl (C=O) groups is 1. The molecule has 0 bridgehead atoms. The predicted octanol–water partition coefficient (Wildman–Crippen LogP) is 3.02. The molecule has 0 heterocycles. The highest BCUT2D eigenvalue weighted by Gasteiger charge is 2.22. The van der Waals surface area contributed by atoms with E-state index in [1.54, 1.807) is 7.11 Å². The minimum atomic E-state index is -0.278. The number of methoxy groups -OCH3 is 1. The monoisotopic (exact) mass is 308 g/mol. The molecule has 0 fully saturated rings. The van der Waals surface area contributed by atoms with E-state index in [9.17, 15) is 4.79 Å². The van der Waals surface area contributed by atoms with E-state index >= 15 is 0 Å². The van der Waals surface area contributed by atoms with Gasteiger partial charge in [0.15, 0.2) is 0 Å². The fourth-order valence-corrected chi connectivity index (χ4v) is 2.44. The summed E-state index contributed by atoms with van der Waals surface area (Å²) in [6.07, 6.45) is 1.83. The van der Waals surface area contributed by atoms with Crippen molar-refractivity contribution >= 4 is 5.97 Å². The van der Waals surface area contributed by atoms with E-state index in [4.69, 9.17) is 14.6 Å². The lowest BCUT2D eigenvalue weighted by atomic mass is 9.83. The summed E-state index contributed by atoms with van der Waals surface area (Å²) in [6, 6.07) is 4.23. The fraction of sp³-hybridized carbons (Fsp3) is 0.611. The fourth-order valence-electron chi connectivity index (χ4n) is 2.44. The second-order valence-electron chi connectivity index (χ2n) is 6.38. The van der Waals surface area contributed by atoms with Crippen molar-refractivity contribution in [3.05, 3.63) is 28.8 Å². The standard InChI is InChI=1S/C18H28O4/c1-6-14-11-13(7-8-16(20)22-10-9-19)12-15(17(14)21-5)18(2,3)4/h11-12,19H,6-10H2,1-5H3. The lowest BCUT2D eigenvalue weighted by Crippen LogP contribution is -2.15. The van der Waals surface area contributed by atoms with Crippen LogP contribution in [0.5, 0.6) is 5.75 Å². The van der Waals surface area contributed by atoms with Crippen molar-refractivity contribution in [2.24, 2.45) is 0 Å². The summed E-state index contributed by atoms with van der Waals surface area (Å²) < 4.78 is 10.5. The van der Waals surface area contributed by atoms with Crippen LogP contribution in [0.2, 0.25) is 0 Å². The molecule has 1 rings (SSSR count). The van der Waals surface area contributed by atoms with Gasteiger partial charge in [-0.25, -0.2) is 0 Å². The molecule has 4 nitrogen and oxygen atoms in total. The van der Waals surface area contributed by atoms with E-state index in [1.807, 2.05) is 0 Å². The minimum Gasteiger partial charge on any atom is -0.496 e. The maximum Gasteiger partial charge on any atom is 0.306 e. The Bertz CT molecular complexity index is 501. The number of aliphatic hydroxyl groups excluding tert-OH is 1. The zero-order chi connectivity index (χ0) is 16.8. The van der Waals surface area contributed by atoms with Gasteiger partial charge in [0.25, 0.3) is 0 Å². The molecule has 0 saturated heterocycles. The molecule has 0 aliphatic heterocycles. The van der Waals surface area contributed by atoms with Crippen molar-refractivity contribution in [2.75, 3.05) is 20.3 Å². The number of ether oxygens (including phenoxy) is 2. The van der Waals surface area contributed by atoms with Crippen LogP contribution in [0.15, 0.2) is 12.1 Å². The third-order valence-electron chi connectivity index (χ3n) is 3.59. The molecule has 0 radical (unpaired) electrons. The van der Waals surface area contributed by atoms with Gasteiger partial charge < -0.3 is 14.6 Å². The van der Waals surface area contributed by atoms with Gasteiger partial charge in [0.05, 0.1) is 13.7 Å². The van der Waals surface area contributed by atoms with Crippen LogP contribution in [0.1, 0.15) is 50.8 Å². The van der Waals surface area contributed by atoms with E-state index in [2.05, 4.69) is 39.8 Å². The Morgan fingerprint density at radius 1 is 1.27 bits per heavy atom. The van der Waals surface area contributed by atoms with Gasteiger partial charge in [-0.05, 0) is 29.4 Å². The lowest BCUT2D eigenvalue weighted by Gasteiger charge is -2.25. The van der Waals surface area contributed by atoms with Gasteiger partial charge in [0.1, 0.15) is 12.4 Å². The molecule has 1 aromatic carbocycles. The number of aryl methyl sites for hydroxylation is 2. The Labute approximate surface area is 133 Å². The van der Waals surface area contributed by atoms with Gasteiger partial charge in [0.2, 0.25) is 0 Å². The van der Waals surface area contributed by atoms with Crippen LogP contribution in [0.3, 0.4) is 0 Å². The molecule has 22 heavy (non-hydrogen) atoms. The van der Waals surface area contributed by atoms with Crippen molar-refractivity contribution in [3.8, 4) is 5.75 Å². The van der Waals surface area contributed by atoms with Crippen LogP contribution in [-0.4, -0.2) is 31.4 Å². The number of rotatable bonds is 7. The maximum atomic E-state index is 11.6. The molecule has 0 saturated carbocycles. The molecule has 0 atom stereocenters. The Kier molecular flexibility index (Phi) is 6.88. The number of esters is 1. The van der Waals surface area contributed by atoms with Crippen molar-refractivity contribution in [3.63, 3.8) is 0 Å². The summed E-state index contributed by atoms with van der Waals surface area (Å²) in [4.78, 5) is 11.6. The van der Waals surface area contributed by atoms with Crippen LogP contribution in [0.4, 0.5) is 0 Å². The molecule has 0 amide bonds. The van der Waals surface area contributed by atoms with Crippen LogP contribution < -0.4 is 4.74 Å². The molecule has 1 N–H and O–H groups in total. The SMILES string of the molecule is CCc1cc(CCC(=O)OCCO)cc(C(C)(C)C)c1OC. The highest BCUT2D eigenvalue weighted by Crippen LogP contribution is 2.35. The first-order chi connectivity index (χ1) is 10.3. The summed E-state index contributed by atoms with van der Waals surface area (Å²) in [5.74, 6) is 0.668. The van der Waals surface area contributed by atoms with E-state index in [-0.39, 0.29) is 24.6 Å². The predicted molar refractivity (Wildman–Crippen MR) is 87.4 cm³/mol. The van der Waals surface area contributed by atoms with Crippen LogP contribution >= 0.6 is 0 Å². The van der Waals surface area contributed by atoms with Crippen LogP contribution in [0, 0.1) is 0 Å². The molecular weight excluding hydrogens is 280 g/mol. The van der Waals surface area contributed by atoms with E-state index < -0.39 is 0 Å². The largest absolute Gasteiger partial charge is 0.496 e. The van der Waals surface area contributed by atoms with Gasteiger partial charge >= 0.3 is 5.97 Å². The minimum absolute atomic E-state index is 0.0251. The maximum absolute atomic E-state index is 11.6. The van der Waals surface area contributed by atoms with Crippen molar-refractivity contribution < 1.29 is 19.4 Å². The van der Waals surface area contributed by atoms with E-state index in [1.165, 1.54) is 0 Å². The zero-order valence-electron chi connectivity index (χ0n) is 14.4. The topological polar surface area (TPSA) is 55.8 Å². The highest BCUT2D eigenvalue weighted by molar-refractivity contribution is 5.69. The van der Waals surface area contributed by atoms with Gasteiger partial charge in [-0.15, -0.1) is 0 Å². The average Bonchev–Trinajstić information content (AvgIpc) is 2.48. The molecule has 1 aromatic rings. The average molecular weight is 308 g/mol. The summed E-state index contributed by atoms with van der Waals surface area (Å²) in [5.41, 5.74) is 3.41. The summed E-state index contributed by atoms with van der Waals surface area (Å²) >= 11 is 0. The highest BCUT2D eigenvalue weighted by atomic mass is 16.5. The van der Waals surface area contributed by atoms with E-state index in [0.29, 0.717) is 12.8 Å². The quantitative estimate of drug-likeness (QED) is 0.787. The van der Waals surface area contributed by atoms with Gasteiger partial charge in [-0.3, -0.25) is 4.79 Å². The second kappa shape index (κ2) is 8.18. The van der Waals surface area contributed by atoms with Gasteiger partial charge in [-0.1, -0.05) is 39.8 Å². The first kappa shape index (κ1) is 18.5. The number of carbonyl (C=O) groups excluding carboxylic acids is 1. The summed E-state index contributed by atoms with van der Waals surface area (Å²) in [5, 5.41) is 8.66. The number of benzene rings is 1. The molecule has 0 aliphatic rings. The van der Waals surface area contributed by atoms with Crippen molar-refractivity contribution in [1.29, 1.82) is 0 Å². The van der Waals surface area contributed by atoms with Gasteiger partial charge in [0, 0.05) is 12.0 Å². The lowest BCUT2D eigenvalue weighted by molar-refractivity contribution is -0.144. The number of hydrogen-bond acceptors (Lipinski definition) is 4. The first-order valence-corrected chi connectivity index (χ1v) is 7.80. The molecule has 0 aromatic heterocycles. The molecule has 124 valence electrons. The zero-order valence-corrected chi connectivity index (χ0v) is 14.4. The third kappa shape index (κ3) is 5.02. The van der Waals surface area contributed by atoms with Gasteiger partial charge in [-0.2, -0.15) is 0 Å². The smallest absolute Gasteiger partial charge is 0.306 e. The second-order valence-corrected chi connectivity index (χ2v) is 6.38. The Morgan fingerprint density at radius 3 is 2.45 bits per heavy atom. The molecular formula is C18H28O4. The molecule has 0 aliphatic carbocycles. The Hall–Kier alpha value is -1.55. The van der Waals surface area contributed by atoms with Crippen LogP contribution in [-0.2, 0) is 27.8 Å². The summed E-state index contributed by atoms with van der Waals surface area (Å²) in [6.45, 7) is 8.50. The third-order valence-corrected chi connectivity index (χ3v) is 3.59. The normalized spacial score (nSPS) is 11.4. The number of aliphatic hydroxyl groups is 1. The first-order valence-electron chi connectivity index (χ1n) is 7.80. The van der Waals surface area contributed by atoms with Crippen LogP contribution in [0.25, 0.3) is 0 Å². The molecule has 0 unspecified atom stereocenters. The molecule has 0 spiro atoms. The Morgan fingerprint density at radius 2 is 1.95 bits per heavy atom. The summed E-state index contributed by atoms with van der Waals surface area (Å²) in [7, 11) is 1.70. The van der Waals surface area contributed by atoms with E-state index in [0.717, 1.165) is 28.9 Å². The molecule has 4 heteroatoms. The Balaban J connectivity index is 2.99. The van der Waals surface area contributed by atoms with Crippen molar-refractivity contribution in [2.45, 2.75) is 52.4 Å².